The molecule has 2 aromatic carbocycles. The van der Waals surface area contributed by atoms with Gasteiger partial charge in [0.05, 0.1) is 6.33 Å². The van der Waals surface area contributed by atoms with Crippen LogP contribution in [0.25, 0.3) is 11.2 Å². The molecule has 1 aliphatic rings. The third kappa shape index (κ3) is 5.70. The van der Waals surface area contributed by atoms with E-state index in [-0.39, 0.29) is 11.9 Å². The van der Waals surface area contributed by atoms with Crippen molar-refractivity contribution in [3.05, 3.63) is 60.4 Å². The lowest BCUT2D eigenvalue weighted by molar-refractivity contribution is 0.102. The topological polar surface area (TPSA) is 135 Å². The fourth-order valence-corrected chi connectivity index (χ4v) is 4.80. The van der Waals surface area contributed by atoms with Gasteiger partial charge in [-0.05, 0) is 89.0 Å². The van der Waals surface area contributed by atoms with E-state index in [1.165, 1.54) is 0 Å². The normalized spacial score (nSPS) is 17.5. The Morgan fingerprint density at radius 3 is 2.42 bits per heavy atom. The van der Waals surface area contributed by atoms with Crippen molar-refractivity contribution < 1.29 is 4.79 Å². The Hall–Kier alpha value is -4.18. The molecule has 1 saturated carbocycles. The Balaban J connectivity index is 1.39. The average molecular weight is 514 g/mol. The highest BCUT2D eigenvalue weighted by Gasteiger charge is 2.22. The maximum Gasteiger partial charge on any atom is 0.255 e. The minimum absolute atomic E-state index is 0.202. The van der Waals surface area contributed by atoms with Crippen LogP contribution >= 0.6 is 0 Å². The lowest BCUT2D eigenvalue weighted by Crippen LogP contribution is -2.35. The van der Waals surface area contributed by atoms with Crippen molar-refractivity contribution in [3.63, 3.8) is 0 Å². The molecular weight excluding hydrogens is 478 g/mol. The van der Waals surface area contributed by atoms with E-state index >= 15 is 0 Å². The molecule has 2 aromatic heterocycles. The summed E-state index contributed by atoms with van der Waals surface area (Å²) >= 11 is 0. The van der Waals surface area contributed by atoms with Gasteiger partial charge in [0, 0.05) is 40.8 Å². The lowest BCUT2D eigenvalue weighted by atomic mass is 9.91. The molecule has 0 unspecified atom stereocenters. The molecule has 5 rings (SSSR count). The molecule has 1 aliphatic carbocycles. The number of carbonyl (C=O) groups is 1. The molecule has 10 nitrogen and oxygen atoms in total. The van der Waals surface area contributed by atoms with Crippen LogP contribution < -0.4 is 27.0 Å². The Bertz CT molecular complexity index is 1410. The zero-order valence-electron chi connectivity index (χ0n) is 22.0. The molecule has 1 fully saturated rings. The van der Waals surface area contributed by atoms with Crippen molar-refractivity contribution in [2.45, 2.75) is 57.7 Å². The van der Waals surface area contributed by atoms with Crippen LogP contribution in [-0.2, 0) is 0 Å². The number of fused-ring (bicyclic) bond motifs is 1. The summed E-state index contributed by atoms with van der Waals surface area (Å²) in [7, 11) is 2.03. The zero-order valence-corrected chi connectivity index (χ0v) is 22.0. The number of carbonyl (C=O) groups excluding carboxylic acids is 1. The molecule has 0 radical (unpaired) electrons. The van der Waals surface area contributed by atoms with E-state index in [1.54, 1.807) is 30.6 Å². The summed E-state index contributed by atoms with van der Waals surface area (Å²) in [5, 5.41) is 13.3. The molecule has 38 heavy (non-hydrogen) atoms. The van der Waals surface area contributed by atoms with Gasteiger partial charge in [-0.2, -0.15) is 9.97 Å². The van der Waals surface area contributed by atoms with Crippen molar-refractivity contribution in [1.82, 2.24) is 24.8 Å². The smallest absolute Gasteiger partial charge is 0.255 e. The Labute approximate surface area is 222 Å². The van der Waals surface area contributed by atoms with Gasteiger partial charge in [-0.15, -0.1) is 0 Å². The number of rotatable bonds is 8. The molecule has 2 heterocycles. The highest BCUT2D eigenvalue weighted by atomic mass is 16.1. The van der Waals surface area contributed by atoms with Gasteiger partial charge in [0.25, 0.3) is 5.91 Å². The Morgan fingerprint density at radius 2 is 1.71 bits per heavy atom. The van der Waals surface area contributed by atoms with Crippen molar-refractivity contribution in [3.8, 4) is 0 Å². The van der Waals surface area contributed by atoms with Crippen LogP contribution in [0.4, 0.5) is 28.8 Å². The fourth-order valence-electron chi connectivity index (χ4n) is 4.80. The molecule has 198 valence electrons. The van der Waals surface area contributed by atoms with Gasteiger partial charge in [0.1, 0.15) is 0 Å². The summed E-state index contributed by atoms with van der Waals surface area (Å²) in [4.78, 5) is 27.0. The second-order valence-corrected chi connectivity index (χ2v) is 10.1. The summed E-state index contributed by atoms with van der Waals surface area (Å²) in [5.74, 6) is 0.993. The monoisotopic (exact) mass is 513 g/mol. The van der Waals surface area contributed by atoms with Crippen LogP contribution in [-0.4, -0.2) is 44.6 Å². The predicted octanol–water partition coefficient (Wildman–Crippen LogP) is 4.93. The summed E-state index contributed by atoms with van der Waals surface area (Å²) in [6, 6.07) is 15.5. The molecule has 6 N–H and O–H groups in total. The number of aromatic nitrogens is 4. The first-order chi connectivity index (χ1) is 18.4. The van der Waals surface area contributed by atoms with Crippen LogP contribution in [0.1, 0.15) is 55.9 Å². The van der Waals surface area contributed by atoms with Crippen molar-refractivity contribution in [2.24, 2.45) is 0 Å². The van der Waals surface area contributed by atoms with Gasteiger partial charge in [-0.1, -0.05) is 6.07 Å². The first-order valence-corrected chi connectivity index (χ1v) is 13.1. The molecule has 10 heteroatoms. The number of hydrogen-bond acceptors (Lipinski definition) is 8. The number of nitrogens with zero attached hydrogens (tertiary/aromatic N) is 4. The van der Waals surface area contributed by atoms with E-state index < -0.39 is 0 Å². The number of anilines is 5. The molecule has 1 amide bonds. The number of nitrogens with one attached hydrogen (secondary N) is 4. The standard InChI is InChI=1S/C28H35N9O/c1-17(2)37-16-31-24-25(35-28(36-26(24)37)34-21-13-11-20(30-3)12-14-21)32-22-5-4-6-23(15-22)33-27(38)18-7-9-19(29)10-8-18/h4-10,15-17,20-21,30H,11-14,29H2,1-3H3,(H,33,38)(H2,32,34,35,36). The lowest BCUT2D eigenvalue weighted by Gasteiger charge is -2.28. The fraction of sp³-hybridized carbons (Fsp3) is 0.357. The summed E-state index contributed by atoms with van der Waals surface area (Å²) < 4.78 is 2.05. The van der Waals surface area contributed by atoms with Crippen molar-refractivity contribution in [1.29, 1.82) is 0 Å². The Morgan fingerprint density at radius 1 is 1.00 bits per heavy atom. The molecule has 0 spiro atoms. The number of amides is 1. The zero-order chi connectivity index (χ0) is 26.6. The summed E-state index contributed by atoms with van der Waals surface area (Å²) in [6.45, 7) is 4.21. The molecule has 0 bridgehead atoms. The van der Waals surface area contributed by atoms with Crippen LogP contribution in [0, 0.1) is 0 Å². The van der Waals surface area contributed by atoms with Gasteiger partial charge in [-0.3, -0.25) is 4.79 Å². The van der Waals surface area contributed by atoms with E-state index in [0.717, 1.165) is 37.0 Å². The average Bonchev–Trinajstić information content (AvgIpc) is 3.34. The quantitative estimate of drug-likeness (QED) is 0.209. The number of nitrogen functional groups attached to an aromatic ring is 1. The minimum atomic E-state index is -0.207. The Kier molecular flexibility index (Phi) is 7.41. The van der Waals surface area contributed by atoms with Gasteiger partial charge in [0.15, 0.2) is 17.0 Å². The number of benzene rings is 2. The van der Waals surface area contributed by atoms with E-state index in [9.17, 15) is 4.79 Å². The number of hydrogen-bond donors (Lipinski definition) is 5. The first kappa shape index (κ1) is 25.5. The molecule has 0 saturated heterocycles. The van der Waals surface area contributed by atoms with Crippen LogP contribution in [0.2, 0.25) is 0 Å². The maximum absolute atomic E-state index is 12.7. The number of nitrogens with two attached hydrogens (primary N) is 1. The third-order valence-corrected chi connectivity index (χ3v) is 7.00. The summed E-state index contributed by atoms with van der Waals surface area (Å²) in [6.07, 6.45) is 6.19. The molecule has 0 atom stereocenters. The van der Waals surface area contributed by atoms with E-state index in [0.29, 0.717) is 46.3 Å². The third-order valence-electron chi connectivity index (χ3n) is 7.00. The molecular formula is C28H35N9O. The van der Waals surface area contributed by atoms with Crippen LogP contribution in [0.3, 0.4) is 0 Å². The SMILES string of the molecule is CNC1CCC(Nc2nc(Nc3cccc(NC(=O)c4ccc(N)cc4)c3)c3ncn(C(C)C)c3n2)CC1. The summed E-state index contributed by atoms with van der Waals surface area (Å²) in [5.41, 5.74) is 9.80. The van der Waals surface area contributed by atoms with Crippen LogP contribution in [0.5, 0.6) is 0 Å². The number of imidazole rings is 1. The van der Waals surface area contributed by atoms with E-state index in [4.69, 9.17) is 15.7 Å². The second-order valence-electron chi connectivity index (χ2n) is 10.1. The predicted molar refractivity (Wildman–Crippen MR) is 153 cm³/mol. The highest BCUT2D eigenvalue weighted by Crippen LogP contribution is 2.29. The van der Waals surface area contributed by atoms with Gasteiger partial charge >= 0.3 is 0 Å². The van der Waals surface area contributed by atoms with Crippen molar-refractivity contribution >= 4 is 45.9 Å². The molecule has 0 aliphatic heterocycles. The van der Waals surface area contributed by atoms with E-state index in [1.807, 2.05) is 31.3 Å². The van der Waals surface area contributed by atoms with Gasteiger partial charge < -0.3 is 31.6 Å². The second kappa shape index (κ2) is 11.1. The van der Waals surface area contributed by atoms with Gasteiger partial charge in [0.2, 0.25) is 5.95 Å². The van der Waals surface area contributed by atoms with Gasteiger partial charge in [-0.25, -0.2) is 4.98 Å². The highest BCUT2D eigenvalue weighted by molar-refractivity contribution is 6.04. The first-order valence-electron chi connectivity index (χ1n) is 13.1. The largest absolute Gasteiger partial charge is 0.399 e. The van der Waals surface area contributed by atoms with Crippen LogP contribution in [0.15, 0.2) is 54.9 Å². The minimum Gasteiger partial charge on any atom is -0.399 e. The molecule has 4 aromatic rings. The van der Waals surface area contributed by atoms with Crippen molar-refractivity contribution in [2.75, 3.05) is 28.7 Å². The van der Waals surface area contributed by atoms with E-state index in [2.05, 4.69) is 44.7 Å². The maximum atomic E-state index is 12.7.